The zero-order valence-electron chi connectivity index (χ0n) is 33.0. The van der Waals surface area contributed by atoms with Crippen LogP contribution in [0.2, 0.25) is 0 Å². The van der Waals surface area contributed by atoms with Crippen LogP contribution in [-0.4, -0.2) is 0 Å². The molecule has 0 heterocycles. The lowest BCUT2D eigenvalue weighted by Crippen LogP contribution is -2.10. The van der Waals surface area contributed by atoms with Gasteiger partial charge >= 0.3 is 0 Å². The fourth-order valence-electron chi connectivity index (χ4n) is 7.06. The van der Waals surface area contributed by atoms with Crippen LogP contribution in [-0.2, 0) is 0 Å². The van der Waals surface area contributed by atoms with Gasteiger partial charge in [0.15, 0.2) is 0 Å². The van der Waals surface area contributed by atoms with Crippen molar-refractivity contribution in [3.63, 3.8) is 0 Å². The van der Waals surface area contributed by atoms with Crippen molar-refractivity contribution in [2.45, 2.75) is 41.5 Å². The maximum atomic E-state index is 2.33. The Balaban J connectivity index is 0.000000165. The number of hydrogen-bond donors (Lipinski definition) is 0. The smallest absolute Gasteiger partial charge is 0.0490 e. The molecule has 1 nitrogen and oxygen atoms in total. The minimum absolute atomic E-state index is 1.17. The van der Waals surface area contributed by atoms with E-state index in [1.54, 1.807) is 0 Å². The van der Waals surface area contributed by atoms with Crippen LogP contribution in [0.4, 0.5) is 17.1 Å². The Morgan fingerprint density at radius 2 is 0.727 bits per heavy atom. The first-order valence-electron chi connectivity index (χ1n) is 19.1. The average molecular weight is 714 g/mol. The zero-order valence-corrected chi connectivity index (χ0v) is 33.0. The lowest BCUT2D eigenvalue weighted by Gasteiger charge is -2.26. The van der Waals surface area contributed by atoms with Gasteiger partial charge in [-0.3, -0.25) is 0 Å². The molecule has 0 N–H and O–H groups in total. The summed E-state index contributed by atoms with van der Waals surface area (Å²) in [4.78, 5) is 2.29. The molecule has 8 aromatic rings. The van der Waals surface area contributed by atoms with Crippen molar-refractivity contribution in [3.8, 4) is 33.4 Å². The number of anilines is 3. The van der Waals surface area contributed by atoms with Gasteiger partial charge in [-0.15, -0.1) is 0 Å². The first kappa shape index (κ1) is 38.3. The predicted octanol–water partition coefficient (Wildman–Crippen LogP) is 15.4. The van der Waals surface area contributed by atoms with E-state index in [9.17, 15) is 0 Å². The molecule has 272 valence electrons. The van der Waals surface area contributed by atoms with Crippen LogP contribution in [0.3, 0.4) is 0 Å². The van der Waals surface area contributed by atoms with Crippen molar-refractivity contribution < 1.29 is 0 Å². The van der Waals surface area contributed by atoms with Crippen molar-refractivity contribution in [3.05, 3.63) is 234 Å². The van der Waals surface area contributed by atoms with E-state index in [1.807, 2.05) is 30.3 Å². The van der Waals surface area contributed by atoms with E-state index in [0.29, 0.717) is 0 Å². The Bertz CT molecular complexity index is 2390. The van der Waals surface area contributed by atoms with Crippen LogP contribution in [0.25, 0.3) is 33.4 Å². The van der Waals surface area contributed by atoms with Gasteiger partial charge in [0.05, 0.1) is 0 Å². The molecule has 0 radical (unpaired) electrons. The van der Waals surface area contributed by atoms with E-state index in [4.69, 9.17) is 0 Å². The van der Waals surface area contributed by atoms with Gasteiger partial charge in [0, 0.05) is 17.1 Å². The molecule has 0 spiro atoms. The summed E-state index contributed by atoms with van der Waals surface area (Å²) in [5.74, 6) is 0. The Labute approximate surface area is 329 Å². The van der Waals surface area contributed by atoms with Gasteiger partial charge in [0.1, 0.15) is 0 Å². The first-order valence-corrected chi connectivity index (χ1v) is 19.1. The van der Waals surface area contributed by atoms with Gasteiger partial charge in [-0.1, -0.05) is 175 Å². The van der Waals surface area contributed by atoms with Crippen LogP contribution in [0.1, 0.15) is 33.4 Å². The first-order chi connectivity index (χ1) is 26.8. The van der Waals surface area contributed by atoms with Gasteiger partial charge in [-0.25, -0.2) is 0 Å². The van der Waals surface area contributed by atoms with Crippen molar-refractivity contribution in [1.82, 2.24) is 0 Å². The van der Waals surface area contributed by atoms with Gasteiger partial charge in [0.25, 0.3) is 0 Å². The minimum atomic E-state index is 1.17. The van der Waals surface area contributed by atoms with Gasteiger partial charge < -0.3 is 4.90 Å². The zero-order chi connectivity index (χ0) is 38.6. The highest BCUT2D eigenvalue weighted by Gasteiger charge is 2.15. The van der Waals surface area contributed by atoms with Crippen molar-refractivity contribution >= 4 is 17.1 Å². The lowest BCUT2D eigenvalue weighted by atomic mass is 9.87. The Hall–Kier alpha value is -6.44. The molecule has 8 aromatic carbocycles. The molecule has 0 aromatic heterocycles. The highest BCUT2D eigenvalue weighted by Crippen LogP contribution is 2.39. The molecule has 0 aliphatic rings. The van der Waals surface area contributed by atoms with E-state index >= 15 is 0 Å². The molecule has 1 heteroatoms. The average Bonchev–Trinajstić information content (AvgIpc) is 3.21. The number of rotatable bonds is 6. The van der Waals surface area contributed by atoms with Gasteiger partial charge in [-0.2, -0.15) is 0 Å². The molecule has 0 saturated carbocycles. The number of nitrogens with zero attached hydrogens (tertiary/aromatic N) is 1. The molecule has 55 heavy (non-hydrogen) atoms. The van der Waals surface area contributed by atoms with E-state index in [-0.39, 0.29) is 0 Å². The van der Waals surface area contributed by atoms with Crippen molar-refractivity contribution in [2.24, 2.45) is 0 Å². The van der Waals surface area contributed by atoms with Crippen LogP contribution in [0.15, 0.2) is 200 Å². The maximum absolute atomic E-state index is 2.33. The third-order valence-corrected chi connectivity index (χ3v) is 9.99. The van der Waals surface area contributed by atoms with Crippen LogP contribution < -0.4 is 4.90 Å². The lowest BCUT2D eigenvalue weighted by molar-refractivity contribution is 1.25. The summed E-state index contributed by atoms with van der Waals surface area (Å²) in [6.45, 7) is 13.0. The molecule has 0 atom stereocenters. The van der Waals surface area contributed by atoms with E-state index in [0.717, 1.165) is 0 Å². The molecule has 0 unspecified atom stereocenters. The van der Waals surface area contributed by atoms with Gasteiger partial charge in [0.2, 0.25) is 0 Å². The Morgan fingerprint density at radius 1 is 0.291 bits per heavy atom. The summed E-state index contributed by atoms with van der Waals surface area (Å²) >= 11 is 0. The number of benzene rings is 8. The molecule has 0 aliphatic heterocycles. The monoisotopic (exact) mass is 713 g/mol. The van der Waals surface area contributed by atoms with E-state index in [2.05, 4.69) is 216 Å². The molecular weight excluding hydrogens is 663 g/mol. The third-order valence-electron chi connectivity index (χ3n) is 9.99. The molecule has 0 bridgehead atoms. The summed E-state index contributed by atoms with van der Waals surface area (Å²) in [7, 11) is 0. The molecule has 8 rings (SSSR count). The minimum Gasteiger partial charge on any atom is -0.310 e. The Kier molecular flexibility index (Phi) is 12.9. The highest BCUT2D eigenvalue weighted by molar-refractivity contribution is 5.88. The van der Waals surface area contributed by atoms with Crippen LogP contribution >= 0.6 is 0 Å². The number of para-hydroxylation sites is 3. The van der Waals surface area contributed by atoms with Crippen molar-refractivity contribution in [2.75, 3.05) is 4.90 Å². The van der Waals surface area contributed by atoms with E-state index in [1.165, 1.54) is 83.8 Å². The standard InChI is InChI=1S/C28H26.C19H17N.C7H8/c1-19-10-5-7-13-24(19)25-17-16-23(18-22(25)4)27-15-9-12-21(3)28(27)26-14-8-6-11-20(26)2;1-16-10-8-9-15-19(16)20(17-11-4-2-5-12-17)18-13-6-3-7-14-18;1-7-5-3-2-4-6-7/h5-18H,1-4H3;2-15H,1H3;2-6H,1H3. The largest absolute Gasteiger partial charge is 0.310 e. The Morgan fingerprint density at radius 3 is 1.24 bits per heavy atom. The quantitative estimate of drug-likeness (QED) is 0.166. The third kappa shape index (κ3) is 9.57. The van der Waals surface area contributed by atoms with Gasteiger partial charge in [-0.05, 0) is 133 Å². The second-order valence-corrected chi connectivity index (χ2v) is 14.1. The van der Waals surface area contributed by atoms with Crippen LogP contribution in [0.5, 0.6) is 0 Å². The molecule has 0 aliphatic carbocycles. The van der Waals surface area contributed by atoms with Crippen LogP contribution in [0, 0.1) is 41.5 Å². The SMILES string of the molecule is Cc1ccccc1.Cc1ccccc1-c1ccc(-c2cccc(C)c2-c2ccccc2C)cc1C.Cc1ccccc1N(c1ccccc1)c1ccccc1. The molecule has 0 fully saturated rings. The van der Waals surface area contributed by atoms with E-state index < -0.39 is 0 Å². The second-order valence-electron chi connectivity index (χ2n) is 14.1. The predicted molar refractivity (Wildman–Crippen MR) is 239 cm³/mol. The van der Waals surface area contributed by atoms with Crippen molar-refractivity contribution in [1.29, 1.82) is 0 Å². The molecular formula is C54H51N. The number of aryl methyl sites for hydroxylation is 6. The fourth-order valence-corrected chi connectivity index (χ4v) is 7.06. The summed E-state index contributed by atoms with van der Waals surface area (Å²) in [5, 5.41) is 0. The second kappa shape index (κ2) is 18.5. The maximum Gasteiger partial charge on any atom is 0.0490 e. The summed E-state index contributed by atoms with van der Waals surface area (Å²) in [6, 6.07) is 70.4. The molecule has 0 saturated heterocycles. The topological polar surface area (TPSA) is 3.24 Å². The summed E-state index contributed by atoms with van der Waals surface area (Å²) < 4.78 is 0. The summed E-state index contributed by atoms with van der Waals surface area (Å²) in [6.07, 6.45) is 0. The highest BCUT2D eigenvalue weighted by atomic mass is 15.1. The fraction of sp³-hybridized carbons (Fsp3) is 0.111. The summed E-state index contributed by atoms with van der Waals surface area (Å²) in [5.41, 5.74) is 19.2. The normalized spacial score (nSPS) is 10.4. The molecule has 0 amide bonds. The number of hydrogen-bond acceptors (Lipinski definition) is 1.